The van der Waals surface area contributed by atoms with Crippen LogP contribution in [0, 0.1) is 13.8 Å². The topological polar surface area (TPSA) is 89.9 Å². The molecule has 0 spiro atoms. The van der Waals surface area contributed by atoms with Gasteiger partial charge in [0.05, 0.1) is 24.2 Å². The average Bonchev–Trinajstić information content (AvgIpc) is 2.53. The lowest BCUT2D eigenvalue weighted by Crippen LogP contribution is -2.29. The number of nitrogens with one attached hydrogen (secondary N) is 1. The van der Waals surface area contributed by atoms with Crippen LogP contribution in [0.1, 0.15) is 11.1 Å². The SMILES string of the molecule is Cc1cc2nc3c(=O)[nH]c(=O)nc-3n(CCOCCBr)c2cc1C. The molecule has 0 aromatic heterocycles. The van der Waals surface area contributed by atoms with Crippen LogP contribution in [0.5, 0.6) is 0 Å². The van der Waals surface area contributed by atoms with Crippen molar-refractivity contribution in [2.24, 2.45) is 0 Å². The fraction of sp³-hybridized carbons (Fsp3) is 0.375. The second kappa shape index (κ2) is 6.82. The van der Waals surface area contributed by atoms with Gasteiger partial charge in [0, 0.05) is 11.9 Å². The molecule has 0 fully saturated rings. The molecule has 1 aromatic carbocycles. The number of ether oxygens (including phenoxy) is 1. The molecular weight excluding hydrogens is 376 g/mol. The van der Waals surface area contributed by atoms with Crippen molar-refractivity contribution in [2.45, 2.75) is 20.4 Å². The van der Waals surface area contributed by atoms with Crippen LogP contribution in [0.15, 0.2) is 21.7 Å². The molecule has 2 aliphatic rings. The number of aromatic amines is 1. The lowest BCUT2D eigenvalue weighted by atomic mass is 10.1. The molecule has 126 valence electrons. The van der Waals surface area contributed by atoms with Gasteiger partial charge in [0.15, 0.2) is 11.5 Å². The first kappa shape index (κ1) is 16.8. The molecule has 0 radical (unpaired) electrons. The van der Waals surface area contributed by atoms with Gasteiger partial charge in [-0.05, 0) is 37.1 Å². The lowest BCUT2D eigenvalue weighted by molar-refractivity contribution is 0.143. The number of nitrogens with zero attached hydrogens (tertiary/aromatic N) is 3. The lowest BCUT2D eigenvalue weighted by Gasteiger charge is -2.17. The average molecular weight is 393 g/mol. The molecule has 3 rings (SSSR count). The van der Waals surface area contributed by atoms with Gasteiger partial charge in [0.2, 0.25) is 0 Å². The highest BCUT2D eigenvalue weighted by atomic mass is 79.9. The molecule has 0 aliphatic carbocycles. The van der Waals surface area contributed by atoms with Crippen molar-refractivity contribution in [3.63, 3.8) is 0 Å². The van der Waals surface area contributed by atoms with Gasteiger partial charge < -0.3 is 9.30 Å². The van der Waals surface area contributed by atoms with Crippen LogP contribution in [-0.4, -0.2) is 38.1 Å². The Bertz CT molecular complexity index is 980. The summed E-state index contributed by atoms with van der Waals surface area (Å²) in [6.45, 7) is 5.50. The highest BCUT2D eigenvalue weighted by molar-refractivity contribution is 9.09. The van der Waals surface area contributed by atoms with Gasteiger partial charge in [0.1, 0.15) is 0 Å². The molecule has 0 saturated carbocycles. The Labute approximate surface area is 146 Å². The third-order valence-corrected chi connectivity index (χ3v) is 4.23. The van der Waals surface area contributed by atoms with E-state index >= 15 is 0 Å². The number of aromatic nitrogens is 4. The summed E-state index contributed by atoms with van der Waals surface area (Å²) in [4.78, 5) is 34.3. The molecule has 24 heavy (non-hydrogen) atoms. The molecule has 1 aromatic rings. The van der Waals surface area contributed by atoms with Gasteiger partial charge >= 0.3 is 5.69 Å². The molecular formula is C16H17BrN4O3. The summed E-state index contributed by atoms with van der Waals surface area (Å²) in [6.07, 6.45) is 0. The normalized spacial score (nSPS) is 11.5. The number of rotatable bonds is 5. The number of aryl methyl sites for hydroxylation is 2. The van der Waals surface area contributed by atoms with Crippen molar-refractivity contribution >= 4 is 27.0 Å². The van der Waals surface area contributed by atoms with E-state index in [9.17, 15) is 9.59 Å². The highest BCUT2D eigenvalue weighted by Gasteiger charge is 2.19. The van der Waals surface area contributed by atoms with Gasteiger partial charge in [-0.25, -0.2) is 9.78 Å². The van der Waals surface area contributed by atoms with Crippen molar-refractivity contribution in [1.82, 2.24) is 19.5 Å². The molecule has 7 nitrogen and oxygen atoms in total. The fourth-order valence-electron chi connectivity index (χ4n) is 2.59. The van der Waals surface area contributed by atoms with Crippen molar-refractivity contribution in [3.8, 4) is 11.5 Å². The summed E-state index contributed by atoms with van der Waals surface area (Å²) in [7, 11) is 0. The van der Waals surface area contributed by atoms with Gasteiger partial charge in [0.25, 0.3) is 5.56 Å². The smallest absolute Gasteiger partial charge is 0.349 e. The van der Waals surface area contributed by atoms with Crippen LogP contribution in [0.2, 0.25) is 0 Å². The maximum absolute atomic E-state index is 12.1. The third-order valence-electron chi connectivity index (χ3n) is 3.91. The maximum atomic E-state index is 12.1. The molecule has 1 N–H and O–H groups in total. The Morgan fingerprint density at radius 1 is 1.17 bits per heavy atom. The van der Waals surface area contributed by atoms with E-state index in [0.717, 1.165) is 22.0 Å². The summed E-state index contributed by atoms with van der Waals surface area (Å²) in [5.74, 6) is 0.280. The molecule has 0 amide bonds. The third kappa shape index (κ3) is 3.11. The van der Waals surface area contributed by atoms with Gasteiger partial charge in [-0.15, -0.1) is 0 Å². The van der Waals surface area contributed by atoms with Crippen molar-refractivity contribution in [2.75, 3.05) is 18.5 Å². The van der Waals surface area contributed by atoms with E-state index in [1.165, 1.54) is 0 Å². The minimum Gasteiger partial charge on any atom is -0.379 e. The minimum atomic E-state index is -0.674. The predicted octanol–water partition coefficient (Wildman–Crippen LogP) is 1.61. The van der Waals surface area contributed by atoms with Crippen LogP contribution >= 0.6 is 15.9 Å². The largest absolute Gasteiger partial charge is 0.379 e. The molecule has 0 unspecified atom stereocenters. The summed E-state index contributed by atoms with van der Waals surface area (Å²) >= 11 is 3.31. The summed E-state index contributed by atoms with van der Waals surface area (Å²) in [5, 5.41) is 0.746. The van der Waals surface area contributed by atoms with E-state index in [4.69, 9.17) is 4.74 Å². The quantitative estimate of drug-likeness (QED) is 0.404. The van der Waals surface area contributed by atoms with Crippen molar-refractivity contribution in [1.29, 1.82) is 0 Å². The first-order chi connectivity index (χ1) is 11.5. The number of alkyl halides is 1. The number of halogens is 1. The fourth-order valence-corrected chi connectivity index (χ4v) is 2.82. The Morgan fingerprint density at radius 2 is 1.92 bits per heavy atom. The summed E-state index contributed by atoms with van der Waals surface area (Å²) < 4.78 is 7.35. The van der Waals surface area contributed by atoms with Crippen LogP contribution in [0.3, 0.4) is 0 Å². The monoisotopic (exact) mass is 392 g/mol. The zero-order chi connectivity index (χ0) is 17.3. The number of benzene rings is 1. The van der Waals surface area contributed by atoms with E-state index in [1.807, 2.05) is 30.5 Å². The molecule has 0 saturated heterocycles. The molecule has 2 heterocycles. The maximum Gasteiger partial charge on any atom is 0.349 e. The van der Waals surface area contributed by atoms with E-state index < -0.39 is 11.2 Å². The highest BCUT2D eigenvalue weighted by Crippen LogP contribution is 2.23. The first-order valence-corrected chi connectivity index (χ1v) is 8.69. The molecule has 8 heteroatoms. The number of hydrogen-bond donors (Lipinski definition) is 1. The van der Waals surface area contributed by atoms with E-state index in [-0.39, 0.29) is 11.5 Å². The standard InChI is InChI=1S/C16H17BrN4O3/c1-9-7-11-12(8-10(9)2)21(4-6-24-5-3-17)14-13(18-11)15(22)20-16(23)19-14/h7-8H,3-6H2,1-2H3,(H,20,22,23). The number of fused-ring (bicyclic) bond motifs is 2. The molecule has 2 aliphatic heterocycles. The number of hydrogen-bond acceptors (Lipinski definition) is 5. The minimum absolute atomic E-state index is 0.158. The molecule has 0 bridgehead atoms. The van der Waals surface area contributed by atoms with Crippen LogP contribution in [-0.2, 0) is 11.3 Å². The van der Waals surface area contributed by atoms with Crippen molar-refractivity contribution in [3.05, 3.63) is 44.1 Å². The second-order valence-corrected chi connectivity index (χ2v) is 6.33. The first-order valence-electron chi connectivity index (χ1n) is 7.57. The van der Waals surface area contributed by atoms with E-state index in [2.05, 4.69) is 30.9 Å². The van der Waals surface area contributed by atoms with E-state index in [1.54, 1.807) is 0 Å². The van der Waals surface area contributed by atoms with Gasteiger partial charge in [-0.3, -0.25) is 9.78 Å². The van der Waals surface area contributed by atoms with Gasteiger partial charge in [-0.2, -0.15) is 4.98 Å². The van der Waals surface area contributed by atoms with Gasteiger partial charge in [-0.1, -0.05) is 15.9 Å². The molecule has 0 atom stereocenters. The Balaban J connectivity index is 2.26. The Morgan fingerprint density at radius 3 is 2.67 bits per heavy atom. The van der Waals surface area contributed by atoms with E-state index in [0.29, 0.717) is 25.3 Å². The predicted molar refractivity (Wildman–Crippen MR) is 95.1 cm³/mol. The van der Waals surface area contributed by atoms with Crippen LogP contribution in [0.4, 0.5) is 0 Å². The zero-order valence-electron chi connectivity index (χ0n) is 13.4. The Hall–Kier alpha value is -2.06. The summed E-state index contributed by atoms with van der Waals surface area (Å²) in [5.41, 5.74) is 2.66. The van der Waals surface area contributed by atoms with Crippen LogP contribution < -0.4 is 11.2 Å². The van der Waals surface area contributed by atoms with Crippen molar-refractivity contribution < 1.29 is 4.74 Å². The number of H-pyrrole nitrogens is 1. The second-order valence-electron chi connectivity index (χ2n) is 5.53. The van der Waals surface area contributed by atoms with Crippen LogP contribution in [0.25, 0.3) is 22.6 Å². The zero-order valence-corrected chi connectivity index (χ0v) is 15.0. The Kier molecular flexibility index (Phi) is 4.77. The summed E-state index contributed by atoms with van der Waals surface area (Å²) in [6, 6.07) is 3.93.